The van der Waals surface area contributed by atoms with Gasteiger partial charge in [-0.1, -0.05) is 0 Å². The van der Waals surface area contributed by atoms with Gasteiger partial charge in [0.25, 0.3) is 0 Å². The van der Waals surface area contributed by atoms with Crippen LogP contribution in [-0.2, 0) is 0 Å². The molecule has 1 nitrogen and oxygen atoms in total. The van der Waals surface area contributed by atoms with Gasteiger partial charge in [0.2, 0.25) is 0 Å². The van der Waals surface area contributed by atoms with Crippen molar-refractivity contribution in [1.82, 2.24) is 0 Å². The first-order valence-electron chi connectivity index (χ1n) is 4.87. The van der Waals surface area contributed by atoms with Crippen LogP contribution in [0.2, 0.25) is 0 Å². The van der Waals surface area contributed by atoms with Gasteiger partial charge < -0.3 is 0 Å². The van der Waals surface area contributed by atoms with E-state index in [9.17, 15) is 0 Å². The minimum absolute atomic E-state index is 0.0603. The average molecular weight is 149 g/mol. The van der Waals surface area contributed by atoms with Gasteiger partial charge in [0, 0.05) is 0 Å². The fraction of sp³-hybridized carbons (Fsp3) is 1.00. The van der Waals surface area contributed by atoms with E-state index < -0.39 is 0 Å². The van der Waals surface area contributed by atoms with Crippen molar-refractivity contribution in [2.24, 2.45) is 11.7 Å². The molecule has 0 aliphatic rings. The van der Waals surface area contributed by atoms with Crippen LogP contribution in [-0.4, -0.2) is 21.9 Å². The predicted octanol–water partition coefficient (Wildman–Crippen LogP) is 2.05. The van der Waals surface area contributed by atoms with Crippen LogP contribution in [0.4, 0.5) is 0 Å². The number of nitrogens with two attached hydrogens (primary N) is 1. The standard InChI is InChI=1S/C9H20N.Li/c1-4-7-8(5-2)9(10)6-3;/h8H,4-7,10H2,1-3H3;. The van der Waals surface area contributed by atoms with E-state index in [0.717, 1.165) is 6.42 Å². The molecule has 2 atom stereocenters. The molecule has 0 fully saturated rings. The quantitative estimate of drug-likeness (QED) is 0.595. The van der Waals surface area contributed by atoms with E-state index in [1.165, 1.54) is 19.3 Å². The molecule has 2 unspecified atom stereocenters. The van der Waals surface area contributed by atoms with Crippen molar-refractivity contribution in [2.75, 3.05) is 0 Å². The molecule has 2 N–H and O–H groups in total. The van der Waals surface area contributed by atoms with Crippen LogP contribution in [0.15, 0.2) is 0 Å². The topological polar surface area (TPSA) is 26.0 Å². The Morgan fingerprint density at radius 1 is 1.36 bits per heavy atom. The molecule has 2 heteroatoms. The Labute approximate surface area is 80.3 Å². The molecule has 0 aromatic heterocycles. The van der Waals surface area contributed by atoms with E-state index in [0.29, 0.717) is 5.92 Å². The van der Waals surface area contributed by atoms with Gasteiger partial charge in [-0.3, -0.25) is 0 Å². The Kier molecular flexibility index (Phi) is 5.51. The van der Waals surface area contributed by atoms with Crippen LogP contribution in [0.5, 0.6) is 0 Å². The maximum atomic E-state index is 6.16. The monoisotopic (exact) mass is 149 g/mol. The summed E-state index contributed by atoms with van der Waals surface area (Å²) >= 11 is 2.18. The van der Waals surface area contributed by atoms with Crippen molar-refractivity contribution < 1.29 is 0 Å². The van der Waals surface area contributed by atoms with E-state index in [2.05, 4.69) is 38.5 Å². The Morgan fingerprint density at radius 2 is 1.91 bits per heavy atom. The average Bonchev–Trinajstić information content (AvgIpc) is 2.00. The van der Waals surface area contributed by atoms with E-state index >= 15 is 0 Å². The van der Waals surface area contributed by atoms with Crippen molar-refractivity contribution >= 4 is 17.7 Å². The molecule has 62 valence electrons. The van der Waals surface area contributed by atoms with Crippen molar-refractivity contribution in [3.8, 4) is 0 Å². The number of hydrogen-bond donors (Lipinski definition) is 1. The fourth-order valence-corrected chi connectivity index (χ4v) is 1.64. The summed E-state index contributed by atoms with van der Waals surface area (Å²) in [6.45, 7) is 6.65. The van der Waals surface area contributed by atoms with Gasteiger partial charge in [-0.25, -0.2) is 0 Å². The van der Waals surface area contributed by atoms with Gasteiger partial charge in [0.05, 0.1) is 0 Å². The third-order valence-corrected chi connectivity index (χ3v) is 2.82. The van der Waals surface area contributed by atoms with E-state index in [4.69, 9.17) is 5.73 Å². The summed E-state index contributed by atoms with van der Waals surface area (Å²) in [5.41, 5.74) is 6.16. The molecule has 0 heterocycles. The first-order valence-corrected chi connectivity index (χ1v) is 4.87. The van der Waals surface area contributed by atoms with Gasteiger partial charge in [-0.2, -0.15) is 0 Å². The molecule has 0 bridgehead atoms. The van der Waals surface area contributed by atoms with Crippen LogP contribution < -0.4 is 5.73 Å². The van der Waals surface area contributed by atoms with Gasteiger partial charge in [0.1, 0.15) is 0 Å². The molecule has 0 aliphatic carbocycles. The van der Waals surface area contributed by atoms with Crippen LogP contribution in [0, 0.1) is 5.92 Å². The Balaban J connectivity index is 3.99. The molecule has 0 radical (unpaired) electrons. The Hall–Kier alpha value is 0.557. The Bertz CT molecular complexity index is 102. The van der Waals surface area contributed by atoms with E-state index in [-0.39, 0.29) is 4.21 Å². The van der Waals surface area contributed by atoms with Crippen molar-refractivity contribution in [3.63, 3.8) is 0 Å². The molecule has 0 aromatic carbocycles. The molecule has 0 saturated carbocycles. The summed E-state index contributed by atoms with van der Waals surface area (Å²) in [5, 5.41) is 0. The van der Waals surface area contributed by atoms with E-state index in [1.54, 1.807) is 0 Å². The zero-order chi connectivity index (χ0) is 8.91. The minimum atomic E-state index is 0.0603. The van der Waals surface area contributed by atoms with Crippen molar-refractivity contribution in [2.45, 2.75) is 50.7 Å². The summed E-state index contributed by atoms with van der Waals surface area (Å²) in [5.74, 6) is 0.706. The van der Waals surface area contributed by atoms with Gasteiger partial charge >= 0.3 is 80.0 Å². The summed E-state index contributed by atoms with van der Waals surface area (Å²) < 4.78 is 0.0603. The molecular weight excluding hydrogens is 129 g/mol. The van der Waals surface area contributed by atoms with Gasteiger partial charge in [-0.15, -0.1) is 0 Å². The van der Waals surface area contributed by atoms with Crippen LogP contribution in [0.3, 0.4) is 0 Å². The third-order valence-electron chi connectivity index (χ3n) is 2.82. The molecule has 0 amide bonds. The predicted molar refractivity (Wildman–Crippen MR) is 51.7 cm³/mol. The molecular formula is C9H20LiN. The van der Waals surface area contributed by atoms with Crippen molar-refractivity contribution in [1.29, 1.82) is 0 Å². The van der Waals surface area contributed by atoms with Gasteiger partial charge in [0.15, 0.2) is 0 Å². The van der Waals surface area contributed by atoms with Crippen LogP contribution in [0.1, 0.15) is 46.5 Å². The summed E-state index contributed by atoms with van der Waals surface area (Å²) in [4.78, 5) is 0. The van der Waals surface area contributed by atoms with Crippen LogP contribution in [0.25, 0.3) is 0 Å². The van der Waals surface area contributed by atoms with Crippen LogP contribution >= 0.6 is 0 Å². The van der Waals surface area contributed by atoms with E-state index in [1.807, 2.05) is 0 Å². The van der Waals surface area contributed by atoms with Crippen molar-refractivity contribution in [3.05, 3.63) is 0 Å². The summed E-state index contributed by atoms with van der Waals surface area (Å²) in [6.07, 6.45) is 4.84. The molecule has 0 rings (SSSR count). The molecule has 0 aliphatic heterocycles. The third kappa shape index (κ3) is 3.65. The first kappa shape index (κ1) is 11.6. The SMILES string of the molecule is [Li][C](N)(CC)C(CC)CCC. The molecule has 0 spiro atoms. The zero-order valence-corrected chi connectivity index (χ0v) is 8.48. The summed E-state index contributed by atoms with van der Waals surface area (Å²) in [7, 11) is 0. The summed E-state index contributed by atoms with van der Waals surface area (Å²) in [6, 6.07) is 0. The molecule has 0 saturated heterocycles. The maximum absolute atomic E-state index is 6.16. The van der Waals surface area contributed by atoms with Gasteiger partial charge in [-0.05, 0) is 0 Å². The second-order valence-corrected chi connectivity index (χ2v) is 3.75. The molecule has 0 aromatic rings. The second kappa shape index (κ2) is 5.25. The zero-order valence-electron chi connectivity index (χ0n) is 8.48. The number of rotatable bonds is 5. The Morgan fingerprint density at radius 3 is 2.18 bits per heavy atom. The number of hydrogen-bond acceptors (Lipinski definition) is 1. The second-order valence-electron chi connectivity index (χ2n) is 3.75. The molecule has 11 heavy (non-hydrogen) atoms. The fourth-order valence-electron chi connectivity index (χ4n) is 1.64. The normalized spacial score (nSPS) is 19.5. The first-order chi connectivity index (χ1) is 5.08.